The lowest BCUT2D eigenvalue weighted by atomic mass is 10.1. The summed E-state index contributed by atoms with van der Waals surface area (Å²) in [5, 5.41) is 10.9. The van der Waals surface area contributed by atoms with Gasteiger partial charge in [0.05, 0.1) is 24.0 Å². The van der Waals surface area contributed by atoms with Crippen molar-refractivity contribution < 1.29 is 24.0 Å². The topological polar surface area (TPSA) is 99.0 Å². The van der Waals surface area contributed by atoms with Crippen molar-refractivity contribution in [3.05, 3.63) is 68.6 Å². The van der Waals surface area contributed by atoms with E-state index in [-0.39, 0.29) is 21.6 Å². The van der Waals surface area contributed by atoms with Gasteiger partial charge in [0.15, 0.2) is 0 Å². The zero-order valence-electron chi connectivity index (χ0n) is 16.5. The number of benzene rings is 2. The molecule has 0 spiro atoms. The first-order valence-electron chi connectivity index (χ1n) is 9.14. The van der Waals surface area contributed by atoms with Crippen molar-refractivity contribution in [2.75, 3.05) is 20.8 Å². The number of methoxy groups -OCH3 is 2. The number of amides is 2. The molecule has 1 heterocycles. The Balaban J connectivity index is 1.79. The molecule has 1 aliphatic heterocycles. The number of imide groups is 1. The van der Waals surface area contributed by atoms with E-state index < -0.39 is 10.8 Å². The first-order chi connectivity index (χ1) is 14.4. The maximum atomic E-state index is 12.7. The maximum Gasteiger partial charge on any atom is 0.311 e. The molecule has 3 rings (SSSR count). The first kappa shape index (κ1) is 21.4. The van der Waals surface area contributed by atoms with Crippen molar-refractivity contribution >= 4 is 34.7 Å². The van der Waals surface area contributed by atoms with E-state index in [9.17, 15) is 19.7 Å². The number of nitrogens with zero attached hydrogens (tertiary/aromatic N) is 2. The van der Waals surface area contributed by atoms with Crippen molar-refractivity contribution in [3.63, 3.8) is 0 Å². The Bertz CT molecular complexity index is 1010. The van der Waals surface area contributed by atoms with Crippen LogP contribution in [0.1, 0.15) is 17.5 Å². The van der Waals surface area contributed by atoms with E-state index in [0.29, 0.717) is 24.3 Å². The average molecular weight is 428 g/mol. The van der Waals surface area contributed by atoms with E-state index >= 15 is 0 Å². The fraction of sp³-hybridized carbons (Fsp3) is 0.238. The molecular weight excluding hydrogens is 408 g/mol. The molecule has 156 valence electrons. The third-order valence-electron chi connectivity index (χ3n) is 4.58. The smallest absolute Gasteiger partial charge is 0.311 e. The molecule has 0 atom stereocenters. The van der Waals surface area contributed by atoms with Crippen LogP contribution in [0.4, 0.5) is 10.5 Å². The summed E-state index contributed by atoms with van der Waals surface area (Å²) in [6.07, 6.45) is 2.83. The van der Waals surface area contributed by atoms with Crippen LogP contribution in [0.2, 0.25) is 0 Å². The number of aryl methyl sites for hydroxylation is 1. The van der Waals surface area contributed by atoms with Crippen molar-refractivity contribution in [2.45, 2.75) is 12.8 Å². The van der Waals surface area contributed by atoms with Gasteiger partial charge < -0.3 is 9.47 Å². The van der Waals surface area contributed by atoms with Crippen LogP contribution < -0.4 is 9.47 Å². The number of carbonyl (C=O) groups is 2. The van der Waals surface area contributed by atoms with Gasteiger partial charge in [0.25, 0.3) is 11.1 Å². The van der Waals surface area contributed by atoms with E-state index in [1.165, 1.54) is 37.3 Å². The number of thioether (sulfide) groups is 1. The van der Waals surface area contributed by atoms with E-state index in [1.54, 1.807) is 0 Å². The highest BCUT2D eigenvalue weighted by Gasteiger charge is 2.35. The van der Waals surface area contributed by atoms with E-state index in [1.807, 2.05) is 30.3 Å². The number of rotatable bonds is 8. The lowest BCUT2D eigenvalue weighted by molar-refractivity contribution is -0.385. The summed E-state index contributed by atoms with van der Waals surface area (Å²) in [5.74, 6) is -0.0741. The molecular formula is C21H20N2O6S. The summed E-state index contributed by atoms with van der Waals surface area (Å²) in [6.45, 7) is 0.302. The molecule has 0 saturated carbocycles. The minimum absolute atomic E-state index is 0.0445. The Kier molecular flexibility index (Phi) is 6.73. The second-order valence-electron chi connectivity index (χ2n) is 6.45. The van der Waals surface area contributed by atoms with Gasteiger partial charge in [-0.1, -0.05) is 30.3 Å². The van der Waals surface area contributed by atoms with Gasteiger partial charge in [0.1, 0.15) is 5.75 Å². The van der Waals surface area contributed by atoms with Crippen LogP contribution in [0.15, 0.2) is 47.4 Å². The van der Waals surface area contributed by atoms with Gasteiger partial charge in [0, 0.05) is 24.2 Å². The molecule has 0 aromatic heterocycles. The number of ether oxygens (including phenoxy) is 2. The van der Waals surface area contributed by atoms with Crippen molar-refractivity contribution in [1.82, 2.24) is 4.90 Å². The largest absolute Gasteiger partial charge is 0.496 e. The summed E-state index contributed by atoms with van der Waals surface area (Å²) in [6, 6.07) is 12.5. The highest BCUT2D eigenvalue weighted by Crippen LogP contribution is 2.38. The van der Waals surface area contributed by atoms with Gasteiger partial charge in [0.2, 0.25) is 5.75 Å². The summed E-state index contributed by atoms with van der Waals surface area (Å²) in [7, 11) is 2.73. The van der Waals surface area contributed by atoms with Crippen LogP contribution in [0, 0.1) is 10.1 Å². The van der Waals surface area contributed by atoms with Crippen molar-refractivity contribution in [3.8, 4) is 11.5 Å². The predicted molar refractivity (Wildman–Crippen MR) is 114 cm³/mol. The highest BCUT2D eigenvalue weighted by molar-refractivity contribution is 8.18. The van der Waals surface area contributed by atoms with Crippen LogP contribution in [-0.4, -0.2) is 41.7 Å². The molecule has 0 aliphatic carbocycles. The van der Waals surface area contributed by atoms with E-state index in [4.69, 9.17) is 9.47 Å². The number of nitro benzene ring substituents is 1. The number of hydrogen-bond acceptors (Lipinski definition) is 7. The van der Waals surface area contributed by atoms with Gasteiger partial charge in [-0.3, -0.25) is 24.6 Å². The van der Waals surface area contributed by atoms with Crippen molar-refractivity contribution in [1.29, 1.82) is 0 Å². The summed E-state index contributed by atoms with van der Waals surface area (Å²) in [5.41, 5.74) is 1.20. The summed E-state index contributed by atoms with van der Waals surface area (Å²) >= 11 is 0.808. The number of carbonyl (C=O) groups excluding carboxylic acids is 2. The van der Waals surface area contributed by atoms with E-state index in [2.05, 4.69) is 0 Å². The molecule has 1 saturated heterocycles. The predicted octanol–water partition coefficient (Wildman–Crippen LogP) is 4.28. The Morgan fingerprint density at radius 2 is 1.80 bits per heavy atom. The molecule has 0 bridgehead atoms. The van der Waals surface area contributed by atoms with Crippen LogP contribution in [0.25, 0.3) is 6.08 Å². The van der Waals surface area contributed by atoms with Gasteiger partial charge in [-0.2, -0.15) is 0 Å². The van der Waals surface area contributed by atoms with Crippen molar-refractivity contribution in [2.24, 2.45) is 0 Å². The molecule has 1 aliphatic rings. The van der Waals surface area contributed by atoms with Crippen LogP contribution >= 0.6 is 11.8 Å². The average Bonchev–Trinajstić information content (AvgIpc) is 3.01. The molecule has 30 heavy (non-hydrogen) atoms. The summed E-state index contributed by atoms with van der Waals surface area (Å²) in [4.78, 5) is 37.2. The quantitative estimate of drug-likeness (QED) is 0.351. The molecule has 1 fully saturated rings. The fourth-order valence-electron chi connectivity index (χ4n) is 3.08. The normalized spacial score (nSPS) is 15.0. The number of nitro groups is 1. The van der Waals surface area contributed by atoms with Gasteiger partial charge in [-0.15, -0.1) is 0 Å². The molecule has 0 unspecified atom stereocenters. The van der Waals surface area contributed by atoms with Gasteiger partial charge in [-0.05, 0) is 36.2 Å². The molecule has 9 heteroatoms. The van der Waals surface area contributed by atoms with Gasteiger partial charge in [-0.25, -0.2) is 0 Å². The molecule has 2 aromatic rings. The fourth-order valence-corrected chi connectivity index (χ4v) is 3.94. The summed E-state index contributed by atoms with van der Waals surface area (Å²) < 4.78 is 10.3. The highest BCUT2D eigenvalue weighted by atomic mass is 32.2. The lowest BCUT2D eigenvalue weighted by Crippen LogP contribution is -2.29. The van der Waals surface area contributed by atoms with Crippen LogP contribution in [0.5, 0.6) is 11.5 Å². The second kappa shape index (κ2) is 9.45. The molecule has 0 N–H and O–H groups in total. The van der Waals surface area contributed by atoms with Crippen LogP contribution in [0.3, 0.4) is 0 Å². The maximum absolute atomic E-state index is 12.7. The van der Waals surface area contributed by atoms with Crippen LogP contribution in [-0.2, 0) is 11.2 Å². The molecule has 2 amide bonds. The SMILES string of the molecule is COc1cc(OC)c([N+](=O)[O-])cc1/C=C1/SC(=O)N(CCCc2ccccc2)C1=O. The van der Waals surface area contributed by atoms with E-state index in [0.717, 1.165) is 23.7 Å². The standard InChI is InChI=1S/C21H20N2O6S/c1-28-17-13-18(29-2)16(23(26)27)11-15(17)12-19-20(24)22(21(25)30-19)10-6-9-14-7-4-3-5-8-14/h3-5,7-8,11-13H,6,9-10H2,1-2H3/b19-12+. The Hall–Kier alpha value is -3.33. The zero-order valence-corrected chi connectivity index (χ0v) is 17.3. The first-order valence-corrected chi connectivity index (χ1v) is 9.96. The molecule has 8 nitrogen and oxygen atoms in total. The Labute approximate surface area is 177 Å². The third-order valence-corrected chi connectivity index (χ3v) is 5.49. The minimum Gasteiger partial charge on any atom is -0.496 e. The second-order valence-corrected chi connectivity index (χ2v) is 7.44. The Morgan fingerprint density at radius 1 is 1.10 bits per heavy atom. The zero-order chi connectivity index (χ0) is 21.7. The lowest BCUT2D eigenvalue weighted by Gasteiger charge is -2.12. The Morgan fingerprint density at radius 3 is 2.43 bits per heavy atom. The minimum atomic E-state index is -0.578. The van der Waals surface area contributed by atoms with Gasteiger partial charge >= 0.3 is 5.69 Å². The molecule has 2 aromatic carbocycles. The monoisotopic (exact) mass is 428 g/mol. The third kappa shape index (κ3) is 4.62. The number of hydrogen-bond donors (Lipinski definition) is 0. The molecule has 0 radical (unpaired) electrons.